The summed E-state index contributed by atoms with van der Waals surface area (Å²) < 4.78 is 5.50. The fraction of sp³-hybridized carbons (Fsp3) is 0.320. The van der Waals surface area contributed by atoms with Crippen molar-refractivity contribution in [2.75, 3.05) is 32.7 Å². The summed E-state index contributed by atoms with van der Waals surface area (Å²) in [5.74, 6) is 0.973. The standard InChI is InChI=1S/C25H29N3O/c1-3-8-22(9-4-1)13-14-24-20-25(29-26-24)12-7-15-27-16-18-28(19-17-27)21-23-10-5-2-6-11-23/h1-6,8-11,13-14,20H,7,12,15-19,21H2. The molecule has 4 nitrogen and oxygen atoms in total. The van der Waals surface area contributed by atoms with Gasteiger partial charge in [-0.15, -0.1) is 0 Å². The molecule has 1 aromatic heterocycles. The second kappa shape index (κ2) is 10.2. The maximum absolute atomic E-state index is 5.50. The number of benzene rings is 2. The molecule has 0 saturated carbocycles. The van der Waals surface area contributed by atoms with Crippen LogP contribution in [0.5, 0.6) is 0 Å². The number of piperazine rings is 1. The molecular weight excluding hydrogens is 358 g/mol. The van der Waals surface area contributed by atoms with Crippen molar-refractivity contribution < 1.29 is 4.52 Å². The van der Waals surface area contributed by atoms with Gasteiger partial charge in [0.05, 0.1) is 0 Å². The highest BCUT2D eigenvalue weighted by Crippen LogP contribution is 2.12. The van der Waals surface area contributed by atoms with E-state index >= 15 is 0 Å². The summed E-state index contributed by atoms with van der Waals surface area (Å²) >= 11 is 0. The summed E-state index contributed by atoms with van der Waals surface area (Å²) in [6.07, 6.45) is 6.12. The third-order valence-corrected chi connectivity index (χ3v) is 5.43. The largest absolute Gasteiger partial charge is 0.361 e. The average molecular weight is 388 g/mol. The lowest BCUT2D eigenvalue weighted by Gasteiger charge is -2.34. The lowest BCUT2D eigenvalue weighted by atomic mass is 10.1. The third kappa shape index (κ3) is 6.14. The zero-order valence-corrected chi connectivity index (χ0v) is 16.9. The molecule has 3 aromatic rings. The number of aryl methyl sites for hydroxylation is 1. The molecule has 0 amide bonds. The van der Waals surface area contributed by atoms with Gasteiger partial charge >= 0.3 is 0 Å². The Morgan fingerprint density at radius 3 is 2.28 bits per heavy atom. The molecule has 0 aliphatic carbocycles. The van der Waals surface area contributed by atoms with Crippen LogP contribution >= 0.6 is 0 Å². The monoisotopic (exact) mass is 387 g/mol. The van der Waals surface area contributed by atoms with E-state index in [9.17, 15) is 0 Å². The van der Waals surface area contributed by atoms with Crippen LogP contribution in [0.4, 0.5) is 0 Å². The molecule has 0 spiro atoms. The molecule has 0 atom stereocenters. The summed E-state index contributed by atoms with van der Waals surface area (Å²) in [7, 11) is 0. The van der Waals surface area contributed by atoms with Crippen molar-refractivity contribution >= 4 is 12.2 Å². The minimum atomic E-state index is 0.887. The number of hydrogen-bond donors (Lipinski definition) is 0. The molecule has 0 radical (unpaired) electrons. The Labute approximate surface area is 173 Å². The van der Waals surface area contributed by atoms with E-state index in [-0.39, 0.29) is 0 Å². The summed E-state index contributed by atoms with van der Waals surface area (Å²) in [5, 5.41) is 4.16. The van der Waals surface area contributed by atoms with E-state index in [0.717, 1.165) is 63.6 Å². The van der Waals surface area contributed by atoms with Gasteiger partial charge in [0, 0.05) is 45.2 Å². The van der Waals surface area contributed by atoms with Gasteiger partial charge in [0.25, 0.3) is 0 Å². The predicted octanol–water partition coefficient (Wildman–Crippen LogP) is 4.60. The number of aromatic nitrogens is 1. The van der Waals surface area contributed by atoms with Crippen molar-refractivity contribution in [1.82, 2.24) is 15.0 Å². The first kappa shape index (κ1) is 19.6. The van der Waals surface area contributed by atoms with Gasteiger partial charge in [-0.1, -0.05) is 71.9 Å². The van der Waals surface area contributed by atoms with Gasteiger partial charge in [0.1, 0.15) is 11.5 Å². The molecular formula is C25H29N3O. The molecule has 0 bridgehead atoms. The minimum Gasteiger partial charge on any atom is -0.361 e. The second-order valence-electron chi connectivity index (χ2n) is 7.67. The molecule has 2 aromatic carbocycles. The fourth-order valence-electron chi connectivity index (χ4n) is 3.76. The zero-order valence-electron chi connectivity index (χ0n) is 16.9. The van der Waals surface area contributed by atoms with Crippen molar-refractivity contribution in [3.05, 3.63) is 89.3 Å². The zero-order chi connectivity index (χ0) is 19.7. The summed E-state index contributed by atoms with van der Waals surface area (Å²) in [4.78, 5) is 5.11. The summed E-state index contributed by atoms with van der Waals surface area (Å²) in [5.41, 5.74) is 3.46. The third-order valence-electron chi connectivity index (χ3n) is 5.43. The molecule has 4 heteroatoms. The number of hydrogen-bond acceptors (Lipinski definition) is 4. The molecule has 4 rings (SSSR count). The van der Waals surface area contributed by atoms with E-state index in [1.54, 1.807) is 0 Å². The Morgan fingerprint density at radius 2 is 1.52 bits per heavy atom. The first-order valence-corrected chi connectivity index (χ1v) is 10.5. The molecule has 0 unspecified atom stereocenters. The van der Waals surface area contributed by atoms with Crippen LogP contribution in [0, 0.1) is 0 Å². The van der Waals surface area contributed by atoms with Crippen molar-refractivity contribution in [1.29, 1.82) is 0 Å². The van der Waals surface area contributed by atoms with Crippen LogP contribution in [0.25, 0.3) is 12.2 Å². The van der Waals surface area contributed by atoms with Gasteiger partial charge in [0.15, 0.2) is 0 Å². The molecule has 2 heterocycles. The highest BCUT2D eigenvalue weighted by atomic mass is 16.5. The Kier molecular flexibility index (Phi) is 6.89. The minimum absolute atomic E-state index is 0.887. The van der Waals surface area contributed by atoms with E-state index in [2.05, 4.69) is 69.6 Å². The maximum Gasteiger partial charge on any atom is 0.137 e. The van der Waals surface area contributed by atoms with Gasteiger partial charge in [-0.05, 0) is 30.2 Å². The predicted molar refractivity (Wildman–Crippen MR) is 118 cm³/mol. The second-order valence-corrected chi connectivity index (χ2v) is 7.67. The van der Waals surface area contributed by atoms with E-state index in [1.165, 1.54) is 11.1 Å². The Morgan fingerprint density at radius 1 is 0.828 bits per heavy atom. The van der Waals surface area contributed by atoms with Crippen molar-refractivity contribution in [2.45, 2.75) is 19.4 Å². The number of rotatable bonds is 8. The van der Waals surface area contributed by atoms with Crippen LogP contribution in [-0.4, -0.2) is 47.7 Å². The topological polar surface area (TPSA) is 32.5 Å². The van der Waals surface area contributed by atoms with E-state index in [4.69, 9.17) is 4.52 Å². The Bertz CT molecular complexity index is 881. The first-order valence-electron chi connectivity index (χ1n) is 10.5. The van der Waals surface area contributed by atoms with Crippen molar-refractivity contribution in [3.63, 3.8) is 0 Å². The van der Waals surface area contributed by atoms with Gasteiger partial charge < -0.3 is 9.42 Å². The summed E-state index contributed by atoms with van der Waals surface area (Å²) in [6.45, 7) is 6.76. The van der Waals surface area contributed by atoms with Crippen molar-refractivity contribution in [2.24, 2.45) is 0 Å². The van der Waals surface area contributed by atoms with Crippen LogP contribution < -0.4 is 0 Å². The first-order chi connectivity index (χ1) is 14.3. The lowest BCUT2D eigenvalue weighted by Crippen LogP contribution is -2.46. The van der Waals surface area contributed by atoms with Crippen LogP contribution in [0.3, 0.4) is 0 Å². The normalized spacial score (nSPS) is 15.9. The molecule has 1 aliphatic rings. The smallest absolute Gasteiger partial charge is 0.137 e. The van der Waals surface area contributed by atoms with Crippen LogP contribution in [0.2, 0.25) is 0 Å². The molecule has 150 valence electrons. The highest BCUT2D eigenvalue weighted by Gasteiger charge is 2.16. The molecule has 1 saturated heterocycles. The van der Waals surface area contributed by atoms with E-state index < -0.39 is 0 Å². The van der Waals surface area contributed by atoms with Gasteiger partial charge in [-0.2, -0.15) is 0 Å². The van der Waals surface area contributed by atoms with Crippen LogP contribution in [0.15, 0.2) is 71.3 Å². The number of nitrogens with zero attached hydrogens (tertiary/aromatic N) is 3. The highest BCUT2D eigenvalue weighted by molar-refractivity contribution is 5.67. The lowest BCUT2D eigenvalue weighted by molar-refractivity contribution is 0.126. The van der Waals surface area contributed by atoms with Crippen LogP contribution in [0.1, 0.15) is 29.0 Å². The van der Waals surface area contributed by atoms with Gasteiger partial charge in [0.2, 0.25) is 0 Å². The molecule has 29 heavy (non-hydrogen) atoms. The Hall–Kier alpha value is -2.69. The molecule has 0 N–H and O–H groups in total. The van der Waals surface area contributed by atoms with Crippen LogP contribution in [-0.2, 0) is 13.0 Å². The van der Waals surface area contributed by atoms with Gasteiger partial charge in [-0.3, -0.25) is 4.90 Å². The quantitative estimate of drug-likeness (QED) is 0.566. The molecule has 1 aliphatic heterocycles. The summed E-state index contributed by atoms with van der Waals surface area (Å²) in [6, 6.07) is 23.1. The maximum atomic E-state index is 5.50. The molecule has 1 fully saturated rings. The van der Waals surface area contributed by atoms with Crippen molar-refractivity contribution in [3.8, 4) is 0 Å². The average Bonchev–Trinajstić information content (AvgIpc) is 3.23. The van der Waals surface area contributed by atoms with E-state index in [1.807, 2.05) is 24.3 Å². The van der Waals surface area contributed by atoms with E-state index in [0.29, 0.717) is 0 Å². The SMILES string of the molecule is C(=Cc1cc(CCCN2CCN(Cc3ccccc3)CC2)on1)c1ccccc1. The fourth-order valence-corrected chi connectivity index (χ4v) is 3.76. The Balaban J connectivity index is 1.16. The van der Waals surface area contributed by atoms with Gasteiger partial charge in [-0.25, -0.2) is 0 Å².